The fraction of sp³-hybridized carbons (Fsp3) is 0.200. The average Bonchev–Trinajstić information content (AvgIpc) is 2.42. The van der Waals surface area contributed by atoms with Gasteiger partial charge in [0, 0.05) is 11.0 Å². The molecule has 0 bridgehead atoms. The Morgan fingerprint density at radius 1 is 1.16 bits per heavy atom. The van der Waals surface area contributed by atoms with Gasteiger partial charge in [-0.2, -0.15) is 0 Å². The van der Waals surface area contributed by atoms with Crippen molar-refractivity contribution >= 4 is 15.9 Å². The molecule has 0 saturated heterocycles. The number of nitrogens with one attached hydrogen (secondary N) is 1. The number of hydrogen-bond acceptors (Lipinski definition) is 2. The number of hydrogen-bond donors (Lipinski definition) is 2. The molecule has 0 spiro atoms. The Kier molecular flexibility index (Phi) is 5.07. The summed E-state index contributed by atoms with van der Waals surface area (Å²) in [5.41, 5.74) is 1.99. The first-order valence-electron chi connectivity index (χ1n) is 6.04. The smallest absolute Gasteiger partial charge is 0.124 e. The molecule has 1 unspecified atom stereocenters. The third-order valence-electron chi connectivity index (χ3n) is 2.92. The molecule has 2 aromatic carbocycles. The molecule has 2 N–H and O–H groups in total. The first kappa shape index (κ1) is 14.2. The quantitative estimate of drug-likeness (QED) is 0.883. The summed E-state index contributed by atoms with van der Waals surface area (Å²) in [4.78, 5) is 0. The first-order chi connectivity index (χ1) is 9.20. The molecule has 0 fully saturated rings. The summed E-state index contributed by atoms with van der Waals surface area (Å²) in [7, 11) is 0. The highest BCUT2D eigenvalue weighted by Crippen LogP contribution is 2.24. The lowest BCUT2D eigenvalue weighted by Crippen LogP contribution is -2.24. The zero-order valence-electron chi connectivity index (χ0n) is 10.3. The van der Waals surface area contributed by atoms with E-state index < -0.39 is 0 Å². The molecule has 4 heteroatoms. The summed E-state index contributed by atoms with van der Waals surface area (Å²) < 4.78 is 13.7. The van der Waals surface area contributed by atoms with Crippen LogP contribution in [-0.2, 0) is 6.54 Å². The van der Waals surface area contributed by atoms with E-state index in [0.29, 0.717) is 11.0 Å². The molecule has 0 amide bonds. The Labute approximate surface area is 120 Å². The van der Waals surface area contributed by atoms with Crippen molar-refractivity contribution < 1.29 is 9.50 Å². The van der Waals surface area contributed by atoms with Gasteiger partial charge in [0.25, 0.3) is 0 Å². The SMILES string of the molecule is OCC(NCc1ccccc1)c1ccc(F)cc1Br. The molecule has 0 aliphatic rings. The zero-order valence-corrected chi connectivity index (χ0v) is 11.9. The van der Waals surface area contributed by atoms with Crippen LogP contribution < -0.4 is 5.32 Å². The maximum atomic E-state index is 13.1. The van der Waals surface area contributed by atoms with Crippen LogP contribution in [0.5, 0.6) is 0 Å². The van der Waals surface area contributed by atoms with E-state index in [1.165, 1.54) is 12.1 Å². The van der Waals surface area contributed by atoms with Gasteiger partial charge in [-0.05, 0) is 23.3 Å². The molecule has 0 saturated carbocycles. The second-order valence-electron chi connectivity index (χ2n) is 4.27. The van der Waals surface area contributed by atoms with Crippen LogP contribution in [0.3, 0.4) is 0 Å². The second-order valence-corrected chi connectivity index (χ2v) is 5.12. The van der Waals surface area contributed by atoms with Crippen LogP contribution in [0.15, 0.2) is 53.0 Å². The Hall–Kier alpha value is -1.23. The summed E-state index contributed by atoms with van der Waals surface area (Å²) in [5.74, 6) is -0.296. The number of halogens is 2. The highest BCUT2D eigenvalue weighted by molar-refractivity contribution is 9.10. The van der Waals surface area contributed by atoms with Crippen LogP contribution in [-0.4, -0.2) is 11.7 Å². The molecule has 2 rings (SSSR count). The Morgan fingerprint density at radius 2 is 1.89 bits per heavy atom. The Bertz CT molecular complexity index is 533. The highest BCUT2D eigenvalue weighted by atomic mass is 79.9. The lowest BCUT2D eigenvalue weighted by atomic mass is 10.1. The number of aliphatic hydroxyl groups is 1. The van der Waals surface area contributed by atoms with Crippen molar-refractivity contribution in [3.8, 4) is 0 Å². The number of aliphatic hydroxyl groups excluding tert-OH is 1. The predicted octanol–water partition coefficient (Wildman–Crippen LogP) is 3.41. The zero-order chi connectivity index (χ0) is 13.7. The van der Waals surface area contributed by atoms with Crippen molar-refractivity contribution in [2.75, 3.05) is 6.61 Å². The predicted molar refractivity (Wildman–Crippen MR) is 77.2 cm³/mol. The second kappa shape index (κ2) is 6.80. The maximum absolute atomic E-state index is 13.1. The minimum absolute atomic E-state index is 0.0446. The van der Waals surface area contributed by atoms with Gasteiger partial charge in [-0.3, -0.25) is 0 Å². The number of rotatable bonds is 5. The van der Waals surface area contributed by atoms with Gasteiger partial charge in [-0.1, -0.05) is 52.3 Å². The van der Waals surface area contributed by atoms with Gasteiger partial charge >= 0.3 is 0 Å². The van der Waals surface area contributed by atoms with Crippen LogP contribution in [0.2, 0.25) is 0 Å². The van der Waals surface area contributed by atoms with Crippen molar-refractivity contribution in [1.29, 1.82) is 0 Å². The first-order valence-corrected chi connectivity index (χ1v) is 6.83. The molecule has 0 aromatic heterocycles. The monoisotopic (exact) mass is 323 g/mol. The lowest BCUT2D eigenvalue weighted by molar-refractivity contribution is 0.243. The molecule has 1 atom stereocenters. The standard InChI is InChI=1S/C15H15BrFNO/c16-14-8-12(17)6-7-13(14)15(10-19)18-9-11-4-2-1-3-5-11/h1-8,15,18-19H,9-10H2. The topological polar surface area (TPSA) is 32.3 Å². The molecular weight excluding hydrogens is 309 g/mol. The Balaban J connectivity index is 2.08. The summed E-state index contributed by atoms with van der Waals surface area (Å²) in [6.45, 7) is 0.604. The van der Waals surface area contributed by atoms with Gasteiger partial charge < -0.3 is 10.4 Å². The Morgan fingerprint density at radius 3 is 2.53 bits per heavy atom. The van der Waals surface area contributed by atoms with E-state index in [9.17, 15) is 9.50 Å². The molecule has 100 valence electrons. The van der Waals surface area contributed by atoms with E-state index in [0.717, 1.165) is 11.1 Å². The third-order valence-corrected chi connectivity index (χ3v) is 3.60. The van der Waals surface area contributed by atoms with E-state index >= 15 is 0 Å². The fourth-order valence-electron chi connectivity index (χ4n) is 1.89. The van der Waals surface area contributed by atoms with Crippen molar-refractivity contribution in [3.05, 3.63) is 69.9 Å². The van der Waals surface area contributed by atoms with Crippen LogP contribution in [0.4, 0.5) is 4.39 Å². The van der Waals surface area contributed by atoms with Crippen LogP contribution in [0, 0.1) is 5.82 Å². The van der Waals surface area contributed by atoms with Gasteiger partial charge in [0.2, 0.25) is 0 Å². The van der Waals surface area contributed by atoms with E-state index in [2.05, 4.69) is 21.2 Å². The molecular formula is C15H15BrFNO. The molecule has 2 nitrogen and oxygen atoms in total. The van der Waals surface area contributed by atoms with Crippen molar-refractivity contribution in [2.45, 2.75) is 12.6 Å². The summed E-state index contributed by atoms with van der Waals surface area (Å²) in [6, 6.07) is 14.2. The number of benzene rings is 2. The lowest BCUT2D eigenvalue weighted by Gasteiger charge is -2.18. The molecule has 0 heterocycles. The fourth-order valence-corrected chi connectivity index (χ4v) is 2.52. The van der Waals surface area contributed by atoms with Crippen LogP contribution in [0.25, 0.3) is 0 Å². The van der Waals surface area contributed by atoms with Crippen LogP contribution in [0.1, 0.15) is 17.2 Å². The molecule has 0 aliphatic heterocycles. The van der Waals surface area contributed by atoms with Gasteiger partial charge in [-0.15, -0.1) is 0 Å². The van der Waals surface area contributed by atoms with Gasteiger partial charge in [0.05, 0.1) is 12.6 Å². The summed E-state index contributed by atoms with van der Waals surface area (Å²) in [5, 5.41) is 12.7. The van der Waals surface area contributed by atoms with Gasteiger partial charge in [0.15, 0.2) is 0 Å². The molecule has 19 heavy (non-hydrogen) atoms. The normalized spacial score (nSPS) is 12.4. The van der Waals surface area contributed by atoms with Crippen molar-refractivity contribution in [1.82, 2.24) is 5.32 Å². The van der Waals surface area contributed by atoms with Crippen molar-refractivity contribution in [3.63, 3.8) is 0 Å². The van der Waals surface area contributed by atoms with Gasteiger partial charge in [-0.25, -0.2) is 4.39 Å². The van der Waals surface area contributed by atoms with E-state index in [1.807, 2.05) is 30.3 Å². The minimum atomic E-state index is -0.296. The molecule has 2 aromatic rings. The maximum Gasteiger partial charge on any atom is 0.124 e. The van der Waals surface area contributed by atoms with Gasteiger partial charge in [0.1, 0.15) is 5.82 Å². The minimum Gasteiger partial charge on any atom is -0.394 e. The molecule has 0 radical (unpaired) electrons. The van der Waals surface area contributed by atoms with Crippen molar-refractivity contribution in [2.24, 2.45) is 0 Å². The summed E-state index contributed by atoms with van der Waals surface area (Å²) in [6.07, 6.45) is 0. The highest BCUT2D eigenvalue weighted by Gasteiger charge is 2.13. The molecule has 0 aliphatic carbocycles. The summed E-state index contributed by atoms with van der Waals surface area (Å²) >= 11 is 3.32. The van der Waals surface area contributed by atoms with E-state index in [-0.39, 0.29) is 18.5 Å². The van der Waals surface area contributed by atoms with E-state index in [4.69, 9.17) is 0 Å². The average molecular weight is 324 g/mol. The third kappa shape index (κ3) is 3.86. The van der Waals surface area contributed by atoms with E-state index in [1.54, 1.807) is 6.07 Å². The largest absolute Gasteiger partial charge is 0.394 e. The van der Waals surface area contributed by atoms with Crippen LogP contribution >= 0.6 is 15.9 Å².